The van der Waals surface area contributed by atoms with E-state index in [4.69, 9.17) is 0 Å². The Morgan fingerprint density at radius 2 is 1.79 bits per heavy atom. The summed E-state index contributed by atoms with van der Waals surface area (Å²) in [6, 6.07) is 11.9. The van der Waals surface area contributed by atoms with E-state index in [9.17, 15) is 9.18 Å². The predicted octanol–water partition coefficient (Wildman–Crippen LogP) is 4.32. The van der Waals surface area contributed by atoms with E-state index >= 15 is 0 Å². The van der Waals surface area contributed by atoms with E-state index in [0.717, 1.165) is 12.8 Å². The highest BCUT2D eigenvalue weighted by Crippen LogP contribution is 2.16. The van der Waals surface area contributed by atoms with Crippen molar-refractivity contribution in [2.45, 2.75) is 26.7 Å². The molecule has 0 aromatic heterocycles. The van der Waals surface area contributed by atoms with E-state index in [-0.39, 0.29) is 11.6 Å². The third-order valence-electron chi connectivity index (χ3n) is 3.19. The summed E-state index contributed by atoms with van der Waals surface area (Å²) in [5, 5.41) is 0. The lowest BCUT2D eigenvalue weighted by molar-refractivity contribution is 0.103. The minimum atomic E-state index is -0.313. The second-order valence-electron chi connectivity index (χ2n) is 4.74. The van der Waals surface area contributed by atoms with Crippen molar-refractivity contribution in [2.75, 3.05) is 0 Å². The molecule has 2 heteroatoms. The van der Waals surface area contributed by atoms with E-state index in [2.05, 4.69) is 6.92 Å². The highest BCUT2D eigenvalue weighted by atomic mass is 19.1. The van der Waals surface area contributed by atoms with Gasteiger partial charge in [-0.3, -0.25) is 4.79 Å². The Hall–Kier alpha value is -1.96. The molecule has 98 valence electrons. The molecule has 0 unspecified atom stereocenters. The number of ketones is 1. The number of aryl methyl sites for hydroxylation is 2. The van der Waals surface area contributed by atoms with Crippen LogP contribution < -0.4 is 0 Å². The van der Waals surface area contributed by atoms with Crippen LogP contribution in [0.4, 0.5) is 4.39 Å². The van der Waals surface area contributed by atoms with Crippen molar-refractivity contribution in [3.05, 3.63) is 70.5 Å². The normalized spacial score (nSPS) is 10.5. The molecule has 0 saturated carbocycles. The van der Waals surface area contributed by atoms with Gasteiger partial charge in [0.1, 0.15) is 5.82 Å². The second-order valence-corrected chi connectivity index (χ2v) is 4.74. The molecule has 0 fully saturated rings. The Kier molecular flexibility index (Phi) is 4.10. The van der Waals surface area contributed by atoms with Crippen LogP contribution in [0.2, 0.25) is 0 Å². The Labute approximate surface area is 113 Å². The Bertz CT molecular complexity index is 585. The maximum Gasteiger partial charge on any atom is 0.193 e. The van der Waals surface area contributed by atoms with Crippen molar-refractivity contribution in [3.63, 3.8) is 0 Å². The van der Waals surface area contributed by atoms with Gasteiger partial charge in [0, 0.05) is 11.1 Å². The van der Waals surface area contributed by atoms with Crippen molar-refractivity contribution < 1.29 is 9.18 Å². The van der Waals surface area contributed by atoms with Gasteiger partial charge in [0.15, 0.2) is 5.78 Å². The van der Waals surface area contributed by atoms with Crippen LogP contribution in [-0.2, 0) is 6.42 Å². The molecule has 19 heavy (non-hydrogen) atoms. The first-order chi connectivity index (χ1) is 9.11. The molecule has 0 amide bonds. The Balaban J connectivity index is 2.28. The lowest BCUT2D eigenvalue weighted by Gasteiger charge is -2.06. The van der Waals surface area contributed by atoms with Crippen molar-refractivity contribution in [1.29, 1.82) is 0 Å². The fraction of sp³-hybridized carbons (Fsp3) is 0.235. The number of benzene rings is 2. The zero-order valence-corrected chi connectivity index (χ0v) is 11.2. The monoisotopic (exact) mass is 256 g/mol. The van der Waals surface area contributed by atoms with Gasteiger partial charge in [-0.15, -0.1) is 0 Å². The standard InChI is InChI=1S/C17H17FO/c1-3-4-13-5-7-14(8-6-13)17(19)16-10-9-15(18)11-12(16)2/h5-11H,3-4H2,1-2H3. The predicted molar refractivity (Wildman–Crippen MR) is 75.0 cm³/mol. The van der Waals surface area contributed by atoms with Gasteiger partial charge < -0.3 is 0 Å². The summed E-state index contributed by atoms with van der Waals surface area (Å²) < 4.78 is 13.0. The molecule has 0 bridgehead atoms. The average Bonchev–Trinajstić information content (AvgIpc) is 2.39. The topological polar surface area (TPSA) is 17.1 Å². The SMILES string of the molecule is CCCc1ccc(C(=O)c2ccc(F)cc2C)cc1. The van der Waals surface area contributed by atoms with E-state index in [1.807, 2.05) is 24.3 Å². The molecule has 0 radical (unpaired) electrons. The molecule has 0 aliphatic rings. The number of rotatable bonds is 4. The smallest absolute Gasteiger partial charge is 0.193 e. The lowest BCUT2D eigenvalue weighted by atomic mass is 9.97. The lowest BCUT2D eigenvalue weighted by Crippen LogP contribution is -2.04. The van der Waals surface area contributed by atoms with Gasteiger partial charge >= 0.3 is 0 Å². The highest BCUT2D eigenvalue weighted by molar-refractivity contribution is 6.09. The third-order valence-corrected chi connectivity index (χ3v) is 3.19. The summed E-state index contributed by atoms with van der Waals surface area (Å²) >= 11 is 0. The minimum Gasteiger partial charge on any atom is -0.289 e. The molecule has 2 rings (SSSR count). The number of hydrogen-bond acceptors (Lipinski definition) is 1. The first-order valence-corrected chi connectivity index (χ1v) is 6.51. The van der Waals surface area contributed by atoms with Gasteiger partial charge in [-0.25, -0.2) is 4.39 Å². The van der Waals surface area contributed by atoms with E-state index in [0.29, 0.717) is 16.7 Å². The summed E-state index contributed by atoms with van der Waals surface area (Å²) in [5.41, 5.74) is 3.11. The van der Waals surface area contributed by atoms with Crippen molar-refractivity contribution in [1.82, 2.24) is 0 Å². The van der Waals surface area contributed by atoms with Crippen LogP contribution in [-0.4, -0.2) is 5.78 Å². The molecular weight excluding hydrogens is 239 g/mol. The molecule has 0 spiro atoms. The van der Waals surface area contributed by atoms with Crippen molar-refractivity contribution in [2.24, 2.45) is 0 Å². The molecule has 0 saturated heterocycles. The molecule has 0 aliphatic carbocycles. The summed E-state index contributed by atoms with van der Waals surface area (Å²) in [6.07, 6.45) is 2.11. The summed E-state index contributed by atoms with van der Waals surface area (Å²) in [7, 11) is 0. The van der Waals surface area contributed by atoms with Gasteiger partial charge in [0.25, 0.3) is 0 Å². The molecule has 0 atom stereocenters. The molecular formula is C17H17FO. The van der Waals surface area contributed by atoms with Crippen LogP contribution in [0.3, 0.4) is 0 Å². The molecule has 1 nitrogen and oxygen atoms in total. The van der Waals surface area contributed by atoms with Gasteiger partial charge in [-0.2, -0.15) is 0 Å². The van der Waals surface area contributed by atoms with Crippen LogP contribution in [0.25, 0.3) is 0 Å². The molecule has 0 aliphatic heterocycles. The number of carbonyl (C=O) groups is 1. The van der Waals surface area contributed by atoms with Crippen molar-refractivity contribution in [3.8, 4) is 0 Å². The van der Waals surface area contributed by atoms with Gasteiger partial charge in [-0.05, 0) is 42.7 Å². The quantitative estimate of drug-likeness (QED) is 0.745. The van der Waals surface area contributed by atoms with Gasteiger partial charge in [-0.1, -0.05) is 37.6 Å². The van der Waals surface area contributed by atoms with E-state index in [1.54, 1.807) is 13.0 Å². The fourth-order valence-corrected chi connectivity index (χ4v) is 2.15. The summed E-state index contributed by atoms with van der Waals surface area (Å²) in [5.74, 6) is -0.368. The van der Waals surface area contributed by atoms with E-state index < -0.39 is 0 Å². The third kappa shape index (κ3) is 3.08. The van der Waals surface area contributed by atoms with E-state index in [1.165, 1.54) is 17.7 Å². The number of halogens is 1. The zero-order chi connectivity index (χ0) is 13.8. The van der Waals surface area contributed by atoms with Crippen molar-refractivity contribution >= 4 is 5.78 Å². The van der Waals surface area contributed by atoms with Crippen LogP contribution in [0.5, 0.6) is 0 Å². The fourth-order valence-electron chi connectivity index (χ4n) is 2.15. The minimum absolute atomic E-state index is 0.0550. The van der Waals surface area contributed by atoms with Gasteiger partial charge in [0.2, 0.25) is 0 Å². The summed E-state index contributed by atoms with van der Waals surface area (Å²) in [6.45, 7) is 3.88. The number of carbonyl (C=O) groups excluding carboxylic acids is 1. The maximum absolute atomic E-state index is 13.0. The van der Waals surface area contributed by atoms with Gasteiger partial charge in [0.05, 0.1) is 0 Å². The zero-order valence-electron chi connectivity index (χ0n) is 11.2. The molecule has 2 aromatic rings. The summed E-state index contributed by atoms with van der Waals surface area (Å²) in [4.78, 5) is 12.3. The first kappa shape index (κ1) is 13.5. The Morgan fingerprint density at radius 1 is 1.11 bits per heavy atom. The molecule has 2 aromatic carbocycles. The Morgan fingerprint density at radius 3 is 2.37 bits per heavy atom. The van der Waals surface area contributed by atoms with Crippen LogP contribution in [0.15, 0.2) is 42.5 Å². The molecule has 0 heterocycles. The highest BCUT2D eigenvalue weighted by Gasteiger charge is 2.12. The first-order valence-electron chi connectivity index (χ1n) is 6.51. The van der Waals surface area contributed by atoms with Crippen LogP contribution in [0, 0.1) is 12.7 Å². The number of hydrogen-bond donors (Lipinski definition) is 0. The average molecular weight is 256 g/mol. The molecule has 0 N–H and O–H groups in total. The maximum atomic E-state index is 13.0. The van der Waals surface area contributed by atoms with Crippen LogP contribution in [0.1, 0.15) is 40.4 Å². The largest absolute Gasteiger partial charge is 0.289 e. The second kappa shape index (κ2) is 5.79. The van der Waals surface area contributed by atoms with Crippen LogP contribution >= 0.6 is 0 Å².